The van der Waals surface area contributed by atoms with E-state index >= 15 is 0 Å². The van der Waals surface area contributed by atoms with Gasteiger partial charge in [-0.05, 0) is 67.4 Å². The summed E-state index contributed by atoms with van der Waals surface area (Å²) < 4.78 is 12.3. The van der Waals surface area contributed by atoms with Gasteiger partial charge in [0.15, 0.2) is 0 Å². The number of hydrogen-bond donors (Lipinski definition) is 1. The number of thiophene rings is 1. The van der Waals surface area contributed by atoms with Crippen molar-refractivity contribution in [2.75, 3.05) is 10.6 Å². The van der Waals surface area contributed by atoms with E-state index in [1.807, 2.05) is 45.9 Å². The molecule has 0 fully saturated rings. The summed E-state index contributed by atoms with van der Waals surface area (Å²) >= 11 is 4.85. The highest BCUT2D eigenvalue weighted by molar-refractivity contribution is 9.10. The fourth-order valence-corrected chi connectivity index (χ4v) is 4.72. The SMILES string of the molecule is Cc1ccc(CN(C(=O)c2sc3nc(C)c(Br)c(C)c3c2N)c2ccc(C)o2)o1. The smallest absolute Gasteiger partial charge is 0.273 e. The van der Waals surface area contributed by atoms with Gasteiger partial charge in [-0.3, -0.25) is 9.69 Å². The Balaban J connectivity index is 1.82. The van der Waals surface area contributed by atoms with Crippen LogP contribution in [0, 0.1) is 27.7 Å². The second kappa shape index (κ2) is 7.35. The average Bonchev–Trinajstić information content (AvgIpc) is 3.37. The molecule has 0 saturated heterocycles. The standard InChI is InChI=1S/C21H20BrN3O3S/c1-10-5-7-14(27-10)9-25(15-8-6-11(2)28-15)21(26)19-18(23)16-12(3)17(22)13(4)24-20(16)29-19/h5-8H,9,23H2,1-4H3. The molecule has 8 heteroatoms. The van der Waals surface area contributed by atoms with Gasteiger partial charge in [0.25, 0.3) is 5.91 Å². The maximum Gasteiger partial charge on any atom is 0.273 e. The molecule has 150 valence electrons. The first-order valence-corrected chi connectivity index (χ1v) is 10.7. The summed E-state index contributed by atoms with van der Waals surface area (Å²) in [5, 5.41) is 0.806. The van der Waals surface area contributed by atoms with E-state index in [0.717, 1.165) is 37.5 Å². The van der Waals surface area contributed by atoms with E-state index in [1.54, 1.807) is 11.0 Å². The number of rotatable bonds is 4. The molecular weight excluding hydrogens is 454 g/mol. The van der Waals surface area contributed by atoms with Crippen LogP contribution in [0.4, 0.5) is 11.6 Å². The van der Waals surface area contributed by atoms with Crippen LogP contribution in [0.15, 0.2) is 37.6 Å². The van der Waals surface area contributed by atoms with Gasteiger partial charge < -0.3 is 14.6 Å². The molecule has 2 N–H and O–H groups in total. The zero-order valence-electron chi connectivity index (χ0n) is 16.5. The van der Waals surface area contributed by atoms with E-state index < -0.39 is 0 Å². The Morgan fingerprint density at radius 1 is 1.14 bits per heavy atom. The highest BCUT2D eigenvalue weighted by Gasteiger charge is 2.28. The third-order valence-electron chi connectivity index (χ3n) is 4.76. The van der Waals surface area contributed by atoms with Crippen LogP contribution in [-0.2, 0) is 6.54 Å². The summed E-state index contributed by atoms with van der Waals surface area (Å²) in [6.45, 7) is 7.83. The molecule has 0 aliphatic carbocycles. The fraction of sp³-hybridized carbons (Fsp3) is 0.238. The second-order valence-electron chi connectivity index (χ2n) is 6.95. The molecule has 0 aliphatic rings. The minimum absolute atomic E-state index is 0.239. The van der Waals surface area contributed by atoms with Crippen LogP contribution in [0.25, 0.3) is 10.2 Å². The van der Waals surface area contributed by atoms with Crippen molar-refractivity contribution in [3.05, 3.63) is 62.2 Å². The number of hydrogen-bond acceptors (Lipinski definition) is 6. The van der Waals surface area contributed by atoms with Crippen molar-refractivity contribution in [3.8, 4) is 0 Å². The Labute approximate surface area is 180 Å². The van der Waals surface area contributed by atoms with Crippen molar-refractivity contribution in [1.82, 2.24) is 4.98 Å². The zero-order chi connectivity index (χ0) is 20.9. The monoisotopic (exact) mass is 473 g/mol. The van der Waals surface area contributed by atoms with Crippen molar-refractivity contribution in [1.29, 1.82) is 0 Å². The summed E-state index contributed by atoms with van der Waals surface area (Å²) in [7, 11) is 0. The van der Waals surface area contributed by atoms with E-state index in [4.69, 9.17) is 14.6 Å². The van der Waals surface area contributed by atoms with Gasteiger partial charge in [-0.1, -0.05) is 0 Å². The molecule has 4 aromatic heterocycles. The number of carbonyl (C=O) groups is 1. The van der Waals surface area contributed by atoms with E-state index in [2.05, 4.69) is 20.9 Å². The molecule has 0 atom stereocenters. The van der Waals surface area contributed by atoms with Gasteiger partial charge in [-0.2, -0.15) is 0 Å². The van der Waals surface area contributed by atoms with Crippen LogP contribution in [0.2, 0.25) is 0 Å². The van der Waals surface area contributed by atoms with Crippen LogP contribution in [-0.4, -0.2) is 10.9 Å². The average molecular weight is 474 g/mol. The van der Waals surface area contributed by atoms with Gasteiger partial charge in [0.05, 0.1) is 17.9 Å². The van der Waals surface area contributed by atoms with Gasteiger partial charge in [0.2, 0.25) is 5.88 Å². The van der Waals surface area contributed by atoms with Crippen LogP contribution < -0.4 is 10.6 Å². The lowest BCUT2D eigenvalue weighted by molar-refractivity contribution is 0.0983. The highest BCUT2D eigenvalue weighted by atomic mass is 79.9. The Hall–Kier alpha value is -2.58. The molecule has 0 spiro atoms. The van der Waals surface area contributed by atoms with E-state index in [0.29, 0.717) is 22.2 Å². The fourth-order valence-electron chi connectivity index (χ4n) is 3.28. The number of pyridine rings is 1. The molecule has 6 nitrogen and oxygen atoms in total. The number of anilines is 2. The first-order valence-electron chi connectivity index (χ1n) is 9.04. The van der Waals surface area contributed by atoms with Crippen LogP contribution in [0.1, 0.15) is 38.2 Å². The summed E-state index contributed by atoms with van der Waals surface area (Å²) in [5.74, 6) is 2.36. The Bertz CT molecular complexity index is 1240. The van der Waals surface area contributed by atoms with Gasteiger partial charge >= 0.3 is 0 Å². The predicted octanol–water partition coefficient (Wildman–Crippen LogP) is 5.91. The van der Waals surface area contributed by atoms with Crippen molar-refractivity contribution in [3.63, 3.8) is 0 Å². The lowest BCUT2D eigenvalue weighted by Gasteiger charge is -2.18. The van der Waals surface area contributed by atoms with Crippen LogP contribution in [0.5, 0.6) is 0 Å². The number of nitrogens with two attached hydrogens (primary N) is 1. The number of amides is 1. The van der Waals surface area contributed by atoms with Gasteiger partial charge in [0.1, 0.15) is 27.0 Å². The van der Waals surface area contributed by atoms with Gasteiger partial charge in [-0.25, -0.2) is 4.98 Å². The maximum atomic E-state index is 13.6. The van der Waals surface area contributed by atoms with E-state index in [-0.39, 0.29) is 12.5 Å². The predicted molar refractivity (Wildman–Crippen MR) is 119 cm³/mol. The first-order chi connectivity index (χ1) is 13.8. The number of furan rings is 2. The highest BCUT2D eigenvalue weighted by Crippen LogP contribution is 2.39. The molecule has 0 unspecified atom stereocenters. The van der Waals surface area contributed by atoms with Gasteiger partial charge in [0, 0.05) is 15.9 Å². The molecule has 1 amide bonds. The lowest BCUT2D eigenvalue weighted by atomic mass is 10.1. The van der Waals surface area contributed by atoms with Crippen LogP contribution >= 0.6 is 27.3 Å². The van der Waals surface area contributed by atoms with E-state index in [9.17, 15) is 4.79 Å². The molecule has 4 aromatic rings. The van der Waals surface area contributed by atoms with Gasteiger partial charge in [-0.15, -0.1) is 11.3 Å². The molecule has 0 radical (unpaired) electrons. The molecule has 0 aromatic carbocycles. The maximum absolute atomic E-state index is 13.6. The number of nitrogens with zero attached hydrogens (tertiary/aromatic N) is 2. The number of carbonyl (C=O) groups excluding carboxylic acids is 1. The Morgan fingerprint density at radius 3 is 2.45 bits per heavy atom. The molecule has 4 heterocycles. The summed E-state index contributed by atoms with van der Waals surface area (Å²) in [6, 6.07) is 7.32. The zero-order valence-corrected chi connectivity index (χ0v) is 18.9. The Morgan fingerprint density at radius 2 is 1.83 bits per heavy atom. The molecule has 0 saturated carbocycles. The van der Waals surface area contributed by atoms with Crippen LogP contribution in [0.3, 0.4) is 0 Å². The number of halogens is 1. The molecular formula is C21H20BrN3O3S. The number of aryl methyl sites for hydroxylation is 4. The van der Waals surface area contributed by atoms with Crippen molar-refractivity contribution in [2.24, 2.45) is 0 Å². The van der Waals surface area contributed by atoms with Crippen molar-refractivity contribution in [2.45, 2.75) is 34.2 Å². The molecule has 4 rings (SSSR count). The normalized spacial score (nSPS) is 11.3. The molecule has 29 heavy (non-hydrogen) atoms. The molecule has 0 aliphatic heterocycles. The topological polar surface area (TPSA) is 85.5 Å². The van der Waals surface area contributed by atoms with Crippen molar-refractivity contribution < 1.29 is 13.6 Å². The quantitative estimate of drug-likeness (QED) is 0.398. The summed E-state index contributed by atoms with van der Waals surface area (Å²) in [5.41, 5.74) is 8.70. The number of nitrogen functional groups attached to an aromatic ring is 1. The molecule has 0 bridgehead atoms. The minimum atomic E-state index is -0.248. The third-order valence-corrected chi connectivity index (χ3v) is 7.02. The lowest BCUT2D eigenvalue weighted by Crippen LogP contribution is -2.29. The first kappa shape index (κ1) is 19.7. The summed E-state index contributed by atoms with van der Waals surface area (Å²) in [4.78, 5) is 20.9. The second-order valence-corrected chi connectivity index (χ2v) is 8.74. The van der Waals surface area contributed by atoms with Crippen molar-refractivity contribution >= 4 is 55.0 Å². The van der Waals surface area contributed by atoms with E-state index in [1.165, 1.54) is 11.3 Å². The number of aromatic nitrogens is 1. The third kappa shape index (κ3) is 3.47. The minimum Gasteiger partial charge on any atom is -0.464 e. The summed E-state index contributed by atoms with van der Waals surface area (Å²) in [6.07, 6.45) is 0. The number of fused-ring (bicyclic) bond motifs is 1. The largest absolute Gasteiger partial charge is 0.464 e. The Kier molecular flexibility index (Phi) is 5.00.